The molecule has 0 saturated carbocycles. The second-order valence-electron chi connectivity index (χ2n) is 6.11. The van der Waals surface area contributed by atoms with Gasteiger partial charge in [-0.25, -0.2) is 4.79 Å². The molecule has 1 aromatic heterocycles. The number of alkyl halides is 1. The van der Waals surface area contributed by atoms with Crippen molar-refractivity contribution in [3.63, 3.8) is 0 Å². The molecule has 4 N–H and O–H groups in total. The topological polar surface area (TPSA) is 100 Å². The van der Waals surface area contributed by atoms with E-state index in [2.05, 4.69) is 16.9 Å². The van der Waals surface area contributed by atoms with Crippen molar-refractivity contribution in [2.24, 2.45) is 5.73 Å². The van der Waals surface area contributed by atoms with Gasteiger partial charge in [-0.2, -0.15) is 0 Å². The Hall–Kier alpha value is -2.93. The molecule has 1 aliphatic heterocycles. The molecule has 7 nitrogen and oxygen atoms in total. The predicted molar refractivity (Wildman–Crippen MR) is 104 cm³/mol. The van der Waals surface area contributed by atoms with E-state index in [-0.39, 0.29) is 5.88 Å². The Morgan fingerprint density at radius 3 is 2.85 bits per heavy atom. The van der Waals surface area contributed by atoms with Crippen LogP contribution < -0.4 is 11.1 Å². The minimum atomic E-state index is -0.820. The number of hydrogen-bond donors (Lipinski definition) is 3. The summed E-state index contributed by atoms with van der Waals surface area (Å²) in [5.41, 5.74) is 8.96. The van der Waals surface area contributed by atoms with E-state index in [0.29, 0.717) is 12.1 Å². The van der Waals surface area contributed by atoms with E-state index >= 15 is 0 Å². The van der Waals surface area contributed by atoms with Crippen molar-refractivity contribution >= 4 is 34.4 Å². The van der Waals surface area contributed by atoms with Crippen LogP contribution in [0.4, 0.5) is 0 Å². The number of amides is 1. The SMILES string of the molecule is C=CN/C(=C\N)C1c2[nH]c3ccccc3c2C[C@@H](C(=O)OC)N1C(=O)CCl. The fourth-order valence-electron chi connectivity index (χ4n) is 3.65. The molecule has 1 aromatic carbocycles. The fourth-order valence-corrected chi connectivity index (χ4v) is 3.78. The highest BCUT2D eigenvalue weighted by Crippen LogP contribution is 2.40. The van der Waals surface area contributed by atoms with E-state index in [1.165, 1.54) is 24.4 Å². The molecule has 3 rings (SSSR count). The number of nitrogens with two attached hydrogens (primary N) is 1. The second kappa shape index (κ2) is 7.75. The molecule has 142 valence electrons. The monoisotopic (exact) mass is 388 g/mol. The van der Waals surface area contributed by atoms with Crippen LogP contribution in [-0.4, -0.2) is 40.8 Å². The number of ether oxygens (including phenoxy) is 1. The van der Waals surface area contributed by atoms with Gasteiger partial charge in [-0.3, -0.25) is 4.79 Å². The molecule has 2 aromatic rings. The molecule has 1 unspecified atom stereocenters. The zero-order valence-electron chi connectivity index (χ0n) is 14.9. The molecule has 1 amide bonds. The number of fused-ring (bicyclic) bond motifs is 3. The Bertz CT molecular complexity index is 921. The third-order valence-electron chi connectivity index (χ3n) is 4.75. The van der Waals surface area contributed by atoms with Crippen LogP contribution in [0.5, 0.6) is 0 Å². The van der Waals surface area contributed by atoms with Gasteiger partial charge in [-0.05, 0) is 17.8 Å². The lowest BCUT2D eigenvalue weighted by Crippen LogP contribution is -2.53. The van der Waals surface area contributed by atoms with Crippen molar-refractivity contribution in [1.29, 1.82) is 0 Å². The number of halogens is 1. The smallest absolute Gasteiger partial charge is 0.328 e. The van der Waals surface area contributed by atoms with Gasteiger partial charge in [0, 0.05) is 29.2 Å². The lowest BCUT2D eigenvalue weighted by Gasteiger charge is -2.41. The first-order valence-electron chi connectivity index (χ1n) is 8.41. The van der Waals surface area contributed by atoms with Crippen molar-refractivity contribution in [3.8, 4) is 0 Å². The summed E-state index contributed by atoms with van der Waals surface area (Å²) in [4.78, 5) is 30.0. The average molecular weight is 389 g/mol. The molecular formula is C19H21ClN4O3. The number of methoxy groups -OCH3 is 1. The quantitative estimate of drug-likeness (QED) is 0.536. The number of nitrogens with one attached hydrogen (secondary N) is 2. The largest absolute Gasteiger partial charge is 0.467 e. The van der Waals surface area contributed by atoms with E-state index in [0.717, 1.165) is 22.2 Å². The van der Waals surface area contributed by atoms with E-state index in [1.54, 1.807) is 0 Å². The lowest BCUT2D eigenvalue weighted by molar-refractivity contribution is -0.154. The van der Waals surface area contributed by atoms with Crippen LogP contribution in [0.25, 0.3) is 10.9 Å². The van der Waals surface area contributed by atoms with Gasteiger partial charge < -0.3 is 25.7 Å². The van der Waals surface area contributed by atoms with Crippen LogP contribution in [0, 0.1) is 0 Å². The van der Waals surface area contributed by atoms with Gasteiger partial charge in [0.2, 0.25) is 5.91 Å². The number of aromatic amines is 1. The molecule has 0 fully saturated rings. The summed E-state index contributed by atoms with van der Waals surface area (Å²) in [5, 5.41) is 3.95. The Morgan fingerprint density at radius 1 is 1.48 bits per heavy atom. The zero-order valence-corrected chi connectivity index (χ0v) is 15.6. The maximum atomic E-state index is 12.7. The Morgan fingerprint density at radius 2 is 2.22 bits per heavy atom. The summed E-state index contributed by atoms with van der Waals surface area (Å²) in [6.07, 6.45) is 3.14. The van der Waals surface area contributed by atoms with Crippen LogP contribution in [0.2, 0.25) is 0 Å². The summed E-state index contributed by atoms with van der Waals surface area (Å²) in [6.45, 7) is 3.66. The predicted octanol–water partition coefficient (Wildman–Crippen LogP) is 1.91. The summed E-state index contributed by atoms with van der Waals surface area (Å²) in [5.74, 6) is -1.18. The highest BCUT2D eigenvalue weighted by Gasteiger charge is 2.44. The molecule has 0 aliphatic carbocycles. The van der Waals surface area contributed by atoms with E-state index in [1.807, 2.05) is 24.3 Å². The van der Waals surface area contributed by atoms with E-state index < -0.39 is 24.0 Å². The third-order valence-corrected chi connectivity index (χ3v) is 4.98. The van der Waals surface area contributed by atoms with Crippen molar-refractivity contribution in [2.75, 3.05) is 13.0 Å². The van der Waals surface area contributed by atoms with Gasteiger partial charge in [0.05, 0.1) is 12.8 Å². The molecule has 8 heteroatoms. The standard InChI is InChI=1S/C19H21ClN4O3/c1-3-22-14(10-21)18-17-12(11-6-4-5-7-13(11)23-17)8-15(19(26)27-2)24(18)16(25)9-20/h3-7,10,15,18,22-23H,1,8-9,21H2,2H3/b14-10-/t15-,18?/m0/s1. The Labute approximate surface area is 161 Å². The van der Waals surface area contributed by atoms with Crippen LogP contribution in [-0.2, 0) is 20.7 Å². The number of nitrogens with zero attached hydrogens (tertiary/aromatic N) is 1. The zero-order chi connectivity index (χ0) is 19.6. The Balaban J connectivity index is 2.27. The summed E-state index contributed by atoms with van der Waals surface area (Å²) in [7, 11) is 1.30. The van der Waals surface area contributed by atoms with Crippen LogP contribution in [0.3, 0.4) is 0 Å². The van der Waals surface area contributed by atoms with Gasteiger partial charge in [-0.1, -0.05) is 24.8 Å². The second-order valence-corrected chi connectivity index (χ2v) is 6.38. The average Bonchev–Trinajstić information content (AvgIpc) is 3.08. The van der Waals surface area contributed by atoms with Crippen LogP contribution >= 0.6 is 11.6 Å². The Kier molecular flexibility index (Phi) is 5.41. The van der Waals surface area contributed by atoms with E-state index in [9.17, 15) is 9.59 Å². The highest BCUT2D eigenvalue weighted by atomic mass is 35.5. The highest BCUT2D eigenvalue weighted by molar-refractivity contribution is 6.27. The molecule has 2 atom stereocenters. The fraction of sp³-hybridized carbons (Fsp3) is 0.263. The number of hydrogen-bond acceptors (Lipinski definition) is 5. The maximum Gasteiger partial charge on any atom is 0.328 e. The van der Waals surface area contributed by atoms with Gasteiger partial charge in [-0.15, -0.1) is 11.6 Å². The number of benzene rings is 1. The first kappa shape index (κ1) is 18.8. The lowest BCUT2D eigenvalue weighted by atomic mass is 9.90. The summed E-state index contributed by atoms with van der Waals surface area (Å²) in [6, 6.07) is 6.29. The number of carbonyl (C=O) groups excluding carboxylic acids is 2. The molecule has 0 bridgehead atoms. The third kappa shape index (κ3) is 3.14. The minimum Gasteiger partial charge on any atom is -0.467 e. The number of H-pyrrole nitrogens is 1. The molecule has 2 heterocycles. The number of carbonyl (C=O) groups is 2. The van der Waals surface area contributed by atoms with E-state index in [4.69, 9.17) is 22.1 Å². The number of rotatable bonds is 5. The maximum absolute atomic E-state index is 12.7. The van der Waals surface area contributed by atoms with Gasteiger partial charge in [0.1, 0.15) is 18.0 Å². The normalized spacial score (nSPS) is 19.5. The van der Waals surface area contributed by atoms with Gasteiger partial charge in [0.15, 0.2) is 0 Å². The number of para-hydroxylation sites is 1. The summed E-state index contributed by atoms with van der Waals surface area (Å²) < 4.78 is 4.96. The molecule has 1 aliphatic rings. The summed E-state index contributed by atoms with van der Waals surface area (Å²) >= 11 is 5.85. The molecule has 0 spiro atoms. The van der Waals surface area contributed by atoms with Crippen molar-refractivity contribution in [2.45, 2.75) is 18.5 Å². The van der Waals surface area contributed by atoms with Crippen molar-refractivity contribution in [3.05, 3.63) is 60.2 Å². The van der Waals surface area contributed by atoms with Gasteiger partial charge >= 0.3 is 5.97 Å². The molecule has 0 saturated heterocycles. The van der Waals surface area contributed by atoms with Crippen molar-refractivity contribution < 1.29 is 14.3 Å². The number of esters is 1. The molecule has 27 heavy (non-hydrogen) atoms. The molecule has 0 radical (unpaired) electrons. The first-order chi connectivity index (χ1) is 13.1. The van der Waals surface area contributed by atoms with Gasteiger partial charge in [0.25, 0.3) is 0 Å². The minimum absolute atomic E-state index is 0.272. The molecular weight excluding hydrogens is 368 g/mol. The van der Waals surface area contributed by atoms with Crippen LogP contribution in [0.1, 0.15) is 17.3 Å². The number of aromatic nitrogens is 1. The van der Waals surface area contributed by atoms with Crippen LogP contribution in [0.15, 0.2) is 48.9 Å². The first-order valence-corrected chi connectivity index (χ1v) is 8.94. The van der Waals surface area contributed by atoms with Crippen molar-refractivity contribution in [1.82, 2.24) is 15.2 Å².